The van der Waals surface area contributed by atoms with Crippen molar-refractivity contribution in [2.75, 3.05) is 0 Å². The summed E-state index contributed by atoms with van der Waals surface area (Å²) < 4.78 is 4.69. The lowest BCUT2D eigenvalue weighted by Crippen LogP contribution is -2.07. The van der Waals surface area contributed by atoms with Crippen LogP contribution >= 0.6 is 0 Å². The molecule has 3 aromatic heterocycles. The van der Waals surface area contributed by atoms with Gasteiger partial charge in [-0.1, -0.05) is 212 Å². The van der Waals surface area contributed by atoms with E-state index in [0.717, 1.165) is 71.7 Å². The van der Waals surface area contributed by atoms with Gasteiger partial charge in [0.2, 0.25) is 5.95 Å². The summed E-state index contributed by atoms with van der Waals surface area (Å²) in [6, 6.07) is 89.4. The summed E-state index contributed by atoms with van der Waals surface area (Å²) in [7, 11) is 0. The summed E-state index contributed by atoms with van der Waals surface area (Å²) in [5.74, 6) is 1.77. The van der Waals surface area contributed by atoms with Gasteiger partial charge in [-0.3, -0.25) is 4.57 Å². The molecule has 0 aliphatic heterocycles. The average Bonchev–Trinajstić information content (AvgIpc) is 3.98. The van der Waals surface area contributed by atoms with E-state index in [9.17, 15) is 0 Å². The predicted octanol–water partition coefficient (Wildman–Crippen LogP) is 17.3. The third kappa shape index (κ3) is 6.24. The number of para-hydroxylation sites is 2. The van der Waals surface area contributed by atoms with E-state index in [-0.39, 0.29) is 0 Å². The zero-order valence-electron chi connectivity index (χ0n) is 38.9. The molecule has 0 saturated heterocycles. The molecular formula is C67H41N5. The van der Waals surface area contributed by atoms with Crippen molar-refractivity contribution in [3.05, 3.63) is 249 Å². The number of fused-ring (bicyclic) bond motifs is 14. The van der Waals surface area contributed by atoms with Crippen molar-refractivity contribution in [2.45, 2.75) is 0 Å². The van der Waals surface area contributed by atoms with Gasteiger partial charge in [0.15, 0.2) is 11.6 Å². The zero-order chi connectivity index (χ0) is 47.3. The van der Waals surface area contributed by atoms with Crippen LogP contribution in [0.5, 0.6) is 0 Å². The highest BCUT2D eigenvalue weighted by Gasteiger charge is 2.24. The molecule has 0 fully saturated rings. The van der Waals surface area contributed by atoms with Gasteiger partial charge in [-0.25, -0.2) is 4.98 Å². The molecular weight excluding hydrogens is 875 g/mol. The first-order chi connectivity index (χ1) is 35.7. The van der Waals surface area contributed by atoms with Gasteiger partial charge in [-0.05, 0) is 102 Å². The third-order valence-corrected chi connectivity index (χ3v) is 14.8. The Morgan fingerprint density at radius 2 is 0.653 bits per heavy atom. The first kappa shape index (κ1) is 40.2. The Balaban J connectivity index is 0.924. The van der Waals surface area contributed by atoms with Crippen LogP contribution < -0.4 is 0 Å². The summed E-state index contributed by atoms with van der Waals surface area (Å²) in [4.78, 5) is 16.0. The number of hydrogen-bond donors (Lipinski definition) is 0. The molecule has 0 spiro atoms. The summed E-state index contributed by atoms with van der Waals surface area (Å²) >= 11 is 0. The minimum atomic E-state index is 0.555. The molecule has 0 saturated carbocycles. The Kier molecular flexibility index (Phi) is 8.89. The highest BCUT2D eigenvalue weighted by atomic mass is 15.2. The second-order valence-electron chi connectivity index (χ2n) is 18.7. The van der Waals surface area contributed by atoms with Gasteiger partial charge in [-0.15, -0.1) is 0 Å². The largest absolute Gasteiger partial charge is 0.307 e. The molecule has 0 radical (unpaired) electrons. The fourth-order valence-corrected chi connectivity index (χ4v) is 11.4. The Hall–Kier alpha value is -9.71. The number of aromatic nitrogens is 5. The average molecular weight is 916 g/mol. The molecule has 15 rings (SSSR count). The van der Waals surface area contributed by atoms with Crippen LogP contribution in [-0.2, 0) is 0 Å². The van der Waals surface area contributed by atoms with Gasteiger partial charge in [0.25, 0.3) is 0 Å². The molecule has 5 heteroatoms. The smallest absolute Gasteiger partial charge is 0.238 e. The molecule has 15 aromatic rings. The minimum absolute atomic E-state index is 0.555. The van der Waals surface area contributed by atoms with Gasteiger partial charge in [0, 0.05) is 38.4 Å². The molecule has 72 heavy (non-hydrogen) atoms. The maximum absolute atomic E-state index is 5.41. The summed E-state index contributed by atoms with van der Waals surface area (Å²) in [5, 5.41) is 14.7. The lowest BCUT2D eigenvalue weighted by Gasteiger charge is -2.14. The second-order valence-corrected chi connectivity index (χ2v) is 18.7. The van der Waals surface area contributed by atoms with Crippen molar-refractivity contribution in [2.24, 2.45) is 0 Å². The molecule has 0 aliphatic rings. The zero-order valence-corrected chi connectivity index (χ0v) is 38.9. The summed E-state index contributed by atoms with van der Waals surface area (Å²) in [6.07, 6.45) is 0. The highest BCUT2D eigenvalue weighted by Crippen LogP contribution is 2.43. The fourth-order valence-electron chi connectivity index (χ4n) is 11.4. The Morgan fingerprint density at radius 1 is 0.236 bits per heavy atom. The van der Waals surface area contributed by atoms with Gasteiger partial charge >= 0.3 is 0 Å². The van der Waals surface area contributed by atoms with Crippen molar-refractivity contribution in [1.29, 1.82) is 0 Å². The van der Waals surface area contributed by atoms with Gasteiger partial charge in [0.1, 0.15) is 0 Å². The molecule has 0 aliphatic carbocycles. The normalized spacial score (nSPS) is 11.9. The lowest BCUT2D eigenvalue weighted by atomic mass is 9.92. The first-order valence-electron chi connectivity index (χ1n) is 24.5. The molecule has 5 nitrogen and oxygen atoms in total. The summed E-state index contributed by atoms with van der Waals surface area (Å²) in [5.41, 5.74) is 11.8. The maximum Gasteiger partial charge on any atom is 0.238 e. The van der Waals surface area contributed by atoms with Crippen LogP contribution in [0.25, 0.3) is 143 Å². The molecule has 12 aromatic carbocycles. The molecule has 0 atom stereocenters. The van der Waals surface area contributed by atoms with Crippen molar-refractivity contribution < 1.29 is 0 Å². The van der Waals surface area contributed by atoms with Crippen molar-refractivity contribution in [3.63, 3.8) is 0 Å². The fraction of sp³-hybridized carbons (Fsp3) is 0. The minimum Gasteiger partial charge on any atom is -0.307 e. The van der Waals surface area contributed by atoms with E-state index in [2.05, 4.69) is 240 Å². The molecule has 334 valence electrons. The number of benzene rings is 12. The predicted molar refractivity (Wildman–Crippen MR) is 300 cm³/mol. The highest BCUT2D eigenvalue weighted by molar-refractivity contribution is 6.26. The number of nitrogens with zero attached hydrogens (tertiary/aromatic N) is 5. The van der Waals surface area contributed by atoms with Crippen LogP contribution in [0.2, 0.25) is 0 Å². The third-order valence-electron chi connectivity index (χ3n) is 14.8. The standard InChI is InChI=1S/C67H41N5/c1-2-15-45(16-3-1)65-68-66(46-29-26-43(27-30-46)48-31-28-42-14-4-5-17-47(42)40-48)70-67(69-65)72-62-25-13-11-23-57(62)59-39-38-58-56-22-10-12-24-61(56)71(63(58)64(59)72)50-35-32-44(33-36-50)49-34-37-55-53-20-7-6-18-51(53)52-19-8-9-21-54(52)60(55)41-49/h1-41H. The van der Waals surface area contributed by atoms with Crippen LogP contribution in [0.4, 0.5) is 0 Å². The lowest BCUT2D eigenvalue weighted by molar-refractivity contribution is 0.953. The molecule has 0 amide bonds. The van der Waals surface area contributed by atoms with E-state index in [4.69, 9.17) is 15.0 Å². The number of rotatable bonds is 6. The van der Waals surface area contributed by atoms with E-state index >= 15 is 0 Å². The molecule has 3 heterocycles. The van der Waals surface area contributed by atoms with E-state index < -0.39 is 0 Å². The van der Waals surface area contributed by atoms with Crippen LogP contribution in [0.3, 0.4) is 0 Å². The van der Waals surface area contributed by atoms with E-state index in [1.165, 1.54) is 54.0 Å². The van der Waals surface area contributed by atoms with E-state index in [1.54, 1.807) is 0 Å². The quantitative estimate of drug-likeness (QED) is 0.156. The Bertz CT molecular complexity index is 4630. The van der Waals surface area contributed by atoms with Gasteiger partial charge in [-0.2, -0.15) is 9.97 Å². The van der Waals surface area contributed by atoms with E-state index in [0.29, 0.717) is 17.6 Å². The second kappa shape index (κ2) is 15.9. The van der Waals surface area contributed by atoms with Gasteiger partial charge < -0.3 is 4.57 Å². The molecule has 0 N–H and O–H groups in total. The maximum atomic E-state index is 5.41. The van der Waals surface area contributed by atoms with Crippen LogP contribution in [0, 0.1) is 0 Å². The van der Waals surface area contributed by atoms with Crippen molar-refractivity contribution in [1.82, 2.24) is 24.1 Å². The monoisotopic (exact) mass is 915 g/mol. The van der Waals surface area contributed by atoms with Crippen LogP contribution in [0.1, 0.15) is 0 Å². The van der Waals surface area contributed by atoms with Crippen molar-refractivity contribution in [3.8, 4) is 56.7 Å². The number of hydrogen-bond acceptors (Lipinski definition) is 3. The topological polar surface area (TPSA) is 48.5 Å². The Morgan fingerprint density at radius 3 is 1.29 bits per heavy atom. The van der Waals surface area contributed by atoms with E-state index in [1.807, 2.05) is 18.2 Å². The first-order valence-corrected chi connectivity index (χ1v) is 24.5. The molecule has 0 bridgehead atoms. The summed E-state index contributed by atoms with van der Waals surface area (Å²) in [6.45, 7) is 0. The Labute approximate surface area is 414 Å². The van der Waals surface area contributed by atoms with Crippen LogP contribution in [-0.4, -0.2) is 24.1 Å². The van der Waals surface area contributed by atoms with Crippen LogP contribution in [0.15, 0.2) is 249 Å². The van der Waals surface area contributed by atoms with Crippen molar-refractivity contribution >= 4 is 86.7 Å². The van der Waals surface area contributed by atoms with Gasteiger partial charge in [0.05, 0.1) is 22.1 Å². The molecule has 0 unspecified atom stereocenters. The SMILES string of the molecule is c1ccc(-c2nc(-c3ccc(-c4ccc5ccccc5c4)cc3)nc(-n3c4ccccc4c4ccc5c6ccccc6n(-c6ccc(-c7ccc8c9ccccc9c9ccccc9c8c7)cc6)c5c43)n2)cc1.